The third-order valence-electron chi connectivity index (χ3n) is 6.57. The molecule has 4 aromatic rings. The van der Waals surface area contributed by atoms with Crippen LogP contribution in [0.5, 0.6) is 11.5 Å². The molecule has 8 heteroatoms. The van der Waals surface area contributed by atoms with E-state index in [0.717, 1.165) is 40.4 Å². The zero-order chi connectivity index (χ0) is 26.1. The molecule has 1 N–H and O–H groups in total. The number of amides is 2. The number of fused-ring (bicyclic) bond motifs is 2. The van der Waals surface area contributed by atoms with E-state index in [9.17, 15) is 9.59 Å². The molecule has 2 amide bonds. The van der Waals surface area contributed by atoms with Crippen LogP contribution >= 0.6 is 0 Å². The molecule has 0 fully saturated rings. The van der Waals surface area contributed by atoms with E-state index < -0.39 is 0 Å². The molecule has 1 aliphatic rings. The van der Waals surface area contributed by atoms with Crippen LogP contribution < -0.4 is 14.8 Å². The third-order valence-corrected chi connectivity index (χ3v) is 6.57. The van der Waals surface area contributed by atoms with Crippen LogP contribution in [-0.4, -0.2) is 53.1 Å². The molecule has 0 aliphatic carbocycles. The minimum atomic E-state index is -0.217. The second-order valence-electron chi connectivity index (χ2n) is 9.22. The molecule has 1 aromatic heterocycles. The number of carbonyl (C=O) groups excluding carboxylic acids is 2. The molecule has 8 nitrogen and oxygen atoms in total. The topological polar surface area (TPSA) is 85.7 Å². The minimum absolute atomic E-state index is 0.121. The van der Waals surface area contributed by atoms with E-state index >= 15 is 0 Å². The van der Waals surface area contributed by atoms with Gasteiger partial charge < -0.3 is 24.3 Å². The number of aryl methyl sites for hydroxylation is 1. The number of benzene rings is 3. The van der Waals surface area contributed by atoms with Crippen LogP contribution in [0.3, 0.4) is 0 Å². The number of anilines is 1. The number of rotatable bonds is 7. The summed E-state index contributed by atoms with van der Waals surface area (Å²) in [6, 6.07) is 19.2. The summed E-state index contributed by atoms with van der Waals surface area (Å²) in [5.74, 6) is 1.94. The van der Waals surface area contributed by atoms with Gasteiger partial charge in [-0.3, -0.25) is 9.59 Å². The van der Waals surface area contributed by atoms with Crippen molar-refractivity contribution in [1.29, 1.82) is 0 Å². The van der Waals surface area contributed by atoms with E-state index in [2.05, 4.69) is 11.4 Å². The first-order chi connectivity index (χ1) is 17.9. The van der Waals surface area contributed by atoms with Gasteiger partial charge in [0.2, 0.25) is 5.91 Å². The lowest BCUT2D eigenvalue weighted by molar-refractivity contribution is -0.114. The number of likely N-dealkylation sites (N-methyl/N-ethyl adjacent to an activating group) is 1. The average molecular weight is 499 g/mol. The molecule has 5 rings (SSSR count). The molecule has 0 spiro atoms. The normalized spacial score (nSPS) is 14.2. The number of para-hydroxylation sites is 1. The highest BCUT2D eigenvalue weighted by Gasteiger charge is 2.28. The van der Waals surface area contributed by atoms with Crippen LogP contribution in [0.25, 0.3) is 22.4 Å². The van der Waals surface area contributed by atoms with Gasteiger partial charge in [-0.05, 0) is 42.8 Å². The van der Waals surface area contributed by atoms with Crippen molar-refractivity contribution in [3.05, 3.63) is 71.8 Å². The first-order valence-electron chi connectivity index (χ1n) is 12.3. The molecule has 190 valence electrons. The Morgan fingerprint density at radius 3 is 2.70 bits per heavy atom. The van der Waals surface area contributed by atoms with Crippen molar-refractivity contribution in [2.45, 2.75) is 32.9 Å². The summed E-state index contributed by atoms with van der Waals surface area (Å²) in [5, 5.41) is 2.82. The summed E-state index contributed by atoms with van der Waals surface area (Å²) >= 11 is 0. The highest BCUT2D eigenvalue weighted by molar-refractivity contribution is 6.08. The van der Waals surface area contributed by atoms with Gasteiger partial charge in [-0.1, -0.05) is 30.3 Å². The lowest BCUT2D eigenvalue weighted by Gasteiger charge is -2.22. The molecule has 0 radical (unpaired) electrons. The number of nitrogens with zero attached hydrogens (tertiary/aromatic N) is 3. The molecular formula is C29H30N4O4. The molecule has 1 aliphatic heterocycles. The fourth-order valence-electron chi connectivity index (χ4n) is 4.95. The second-order valence-corrected chi connectivity index (χ2v) is 9.22. The lowest BCUT2D eigenvalue weighted by atomic mass is 10.1. The SMILES string of the molecule is CCn1c(-c2cccc(OC)c2)nc2cc(NC(C)=O)cc(C(=O)N(C)C[C@@H]3Cc4ccccc4O3)c21. The Bertz CT molecular complexity index is 1470. The number of aromatic nitrogens is 2. The predicted molar refractivity (Wildman–Crippen MR) is 143 cm³/mol. The van der Waals surface area contributed by atoms with Gasteiger partial charge in [0.1, 0.15) is 23.4 Å². The third kappa shape index (κ3) is 4.74. The largest absolute Gasteiger partial charge is 0.497 e. The summed E-state index contributed by atoms with van der Waals surface area (Å²) in [6.07, 6.45) is 0.631. The Balaban J connectivity index is 1.55. The van der Waals surface area contributed by atoms with E-state index in [1.165, 1.54) is 6.92 Å². The first-order valence-corrected chi connectivity index (χ1v) is 12.3. The maximum absolute atomic E-state index is 13.9. The Morgan fingerprint density at radius 1 is 1.16 bits per heavy atom. The highest BCUT2D eigenvalue weighted by Crippen LogP contribution is 2.33. The summed E-state index contributed by atoms with van der Waals surface area (Å²) < 4.78 is 13.5. The van der Waals surface area contributed by atoms with Gasteiger partial charge >= 0.3 is 0 Å². The fraction of sp³-hybridized carbons (Fsp3) is 0.276. The van der Waals surface area contributed by atoms with E-state index in [4.69, 9.17) is 14.5 Å². The smallest absolute Gasteiger partial charge is 0.256 e. The van der Waals surface area contributed by atoms with Gasteiger partial charge in [0.15, 0.2) is 0 Å². The number of hydrogen-bond donors (Lipinski definition) is 1. The van der Waals surface area contributed by atoms with Gasteiger partial charge in [-0.25, -0.2) is 4.98 Å². The quantitative estimate of drug-likeness (QED) is 0.397. The van der Waals surface area contributed by atoms with Crippen LogP contribution in [0.15, 0.2) is 60.7 Å². The molecule has 0 unspecified atom stereocenters. The Morgan fingerprint density at radius 2 is 1.97 bits per heavy atom. The fourth-order valence-corrected chi connectivity index (χ4v) is 4.95. The summed E-state index contributed by atoms with van der Waals surface area (Å²) in [4.78, 5) is 32.3. The van der Waals surface area contributed by atoms with Crippen LogP contribution in [0.2, 0.25) is 0 Å². The first kappa shape index (κ1) is 24.4. The van der Waals surface area contributed by atoms with Gasteiger partial charge in [0.25, 0.3) is 5.91 Å². The van der Waals surface area contributed by atoms with Crippen LogP contribution in [0.4, 0.5) is 5.69 Å². The standard InChI is InChI=1S/C29H30N4O4/c1-5-33-27-24(29(35)32(3)17-23-13-19-9-6-7-12-26(19)37-23)15-21(30-18(2)34)16-25(27)31-28(33)20-10-8-11-22(14-20)36-4/h6-12,14-16,23H,5,13,17H2,1-4H3,(H,30,34)/t23-/m0/s1. The Hall–Kier alpha value is -4.33. The average Bonchev–Trinajstić information content (AvgIpc) is 3.47. The van der Waals surface area contributed by atoms with Crippen molar-refractivity contribution in [3.8, 4) is 22.9 Å². The van der Waals surface area contributed by atoms with Gasteiger partial charge in [0.05, 0.1) is 30.3 Å². The number of carbonyl (C=O) groups is 2. The molecule has 0 bridgehead atoms. The maximum Gasteiger partial charge on any atom is 0.256 e. The van der Waals surface area contributed by atoms with E-state index in [0.29, 0.717) is 29.9 Å². The zero-order valence-corrected chi connectivity index (χ0v) is 21.4. The van der Waals surface area contributed by atoms with Crippen LogP contribution in [0.1, 0.15) is 29.8 Å². The minimum Gasteiger partial charge on any atom is -0.497 e. The predicted octanol–water partition coefficient (Wildman–Crippen LogP) is 4.77. The maximum atomic E-state index is 13.9. The molecule has 2 heterocycles. The molecule has 37 heavy (non-hydrogen) atoms. The van der Waals surface area contributed by atoms with Crippen LogP contribution in [0, 0.1) is 0 Å². The molecule has 0 saturated carbocycles. The molecular weight excluding hydrogens is 468 g/mol. The zero-order valence-electron chi connectivity index (χ0n) is 21.4. The van der Waals surface area contributed by atoms with Gasteiger partial charge in [0, 0.05) is 38.2 Å². The van der Waals surface area contributed by atoms with Gasteiger partial charge in [-0.15, -0.1) is 0 Å². The number of hydrogen-bond acceptors (Lipinski definition) is 5. The second kappa shape index (κ2) is 9.97. The number of ether oxygens (including phenoxy) is 2. The Kier molecular flexibility index (Phi) is 6.56. The summed E-state index contributed by atoms with van der Waals surface area (Å²) in [5.41, 5.74) is 4.38. The van der Waals surface area contributed by atoms with Crippen molar-refractivity contribution in [2.75, 3.05) is 26.0 Å². The van der Waals surface area contributed by atoms with E-state index in [-0.39, 0.29) is 17.9 Å². The highest BCUT2D eigenvalue weighted by atomic mass is 16.5. The lowest BCUT2D eigenvalue weighted by Crippen LogP contribution is -2.36. The van der Waals surface area contributed by atoms with Gasteiger partial charge in [-0.2, -0.15) is 0 Å². The van der Waals surface area contributed by atoms with Crippen molar-refractivity contribution in [2.24, 2.45) is 0 Å². The van der Waals surface area contributed by atoms with Crippen molar-refractivity contribution >= 4 is 28.5 Å². The summed E-state index contributed by atoms with van der Waals surface area (Å²) in [6.45, 7) is 4.50. The number of methoxy groups -OCH3 is 1. The molecule has 3 aromatic carbocycles. The number of nitrogens with one attached hydrogen (secondary N) is 1. The van der Waals surface area contributed by atoms with Crippen LogP contribution in [-0.2, 0) is 17.8 Å². The van der Waals surface area contributed by atoms with E-state index in [1.54, 1.807) is 31.2 Å². The monoisotopic (exact) mass is 498 g/mol. The molecule has 0 saturated heterocycles. The van der Waals surface area contributed by atoms with Crippen molar-refractivity contribution in [1.82, 2.24) is 14.5 Å². The van der Waals surface area contributed by atoms with Crippen molar-refractivity contribution in [3.63, 3.8) is 0 Å². The number of imidazole rings is 1. The molecule has 1 atom stereocenters. The summed E-state index contributed by atoms with van der Waals surface area (Å²) in [7, 11) is 3.40. The van der Waals surface area contributed by atoms with Crippen molar-refractivity contribution < 1.29 is 19.1 Å². The Labute approximate surface area is 215 Å². The van der Waals surface area contributed by atoms with E-state index in [1.807, 2.05) is 54.0 Å².